The second-order valence-electron chi connectivity index (χ2n) is 6.43. The molecule has 1 atom stereocenters. The quantitative estimate of drug-likeness (QED) is 0.768. The van der Waals surface area contributed by atoms with E-state index in [1.165, 1.54) is 12.8 Å². The highest BCUT2D eigenvalue weighted by Gasteiger charge is 2.18. The minimum atomic E-state index is -0.225. The summed E-state index contributed by atoms with van der Waals surface area (Å²) < 4.78 is 0. The number of imidazole rings is 1. The zero-order chi connectivity index (χ0) is 17.2. The van der Waals surface area contributed by atoms with Crippen LogP contribution in [0.2, 0.25) is 0 Å². The highest BCUT2D eigenvalue weighted by Crippen LogP contribution is 2.21. The molecule has 0 bridgehead atoms. The number of hydrogen-bond donors (Lipinski definition) is 2. The number of fused-ring (bicyclic) bond motifs is 1. The number of anilines is 1. The smallest absolute Gasteiger partial charge is 0.270 e. The summed E-state index contributed by atoms with van der Waals surface area (Å²) in [7, 11) is 0. The van der Waals surface area contributed by atoms with E-state index in [1.54, 1.807) is 6.20 Å². The van der Waals surface area contributed by atoms with E-state index in [0.29, 0.717) is 5.69 Å². The number of para-hydroxylation sites is 2. The van der Waals surface area contributed by atoms with E-state index in [4.69, 9.17) is 0 Å². The molecule has 1 amide bonds. The van der Waals surface area contributed by atoms with E-state index < -0.39 is 0 Å². The number of pyridine rings is 1. The molecule has 2 aromatic heterocycles. The molecule has 128 valence electrons. The Bertz CT molecular complexity index is 864. The lowest BCUT2D eigenvalue weighted by molar-refractivity contribution is 0.0933. The molecular weight excluding hydrogens is 314 g/mol. The van der Waals surface area contributed by atoms with Crippen LogP contribution in [0.1, 0.15) is 42.1 Å². The molecule has 2 N–H and O–H groups in total. The van der Waals surface area contributed by atoms with Gasteiger partial charge in [0.05, 0.1) is 17.1 Å². The molecule has 3 heterocycles. The van der Waals surface area contributed by atoms with Crippen LogP contribution in [-0.4, -0.2) is 33.9 Å². The predicted molar refractivity (Wildman–Crippen MR) is 97.7 cm³/mol. The molecule has 4 rings (SSSR count). The number of carbonyl (C=O) groups is 1. The molecule has 0 aliphatic carbocycles. The van der Waals surface area contributed by atoms with E-state index in [-0.39, 0.29) is 11.9 Å². The van der Waals surface area contributed by atoms with Crippen LogP contribution in [0.5, 0.6) is 0 Å². The number of nitrogens with one attached hydrogen (secondary N) is 2. The fraction of sp³-hybridized carbons (Fsp3) is 0.316. The molecule has 25 heavy (non-hydrogen) atoms. The first-order chi connectivity index (χ1) is 12.2. The Morgan fingerprint density at radius 3 is 2.84 bits per heavy atom. The number of carbonyl (C=O) groups excluding carboxylic acids is 1. The van der Waals surface area contributed by atoms with Crippen molar-refractivity contribution < 1.29 is 4.79 Å². The largest absolute Gasteiger partial charge is 0.371 e. The summed E-state index contributed by atoms with van der Waals surface area (Å²) in [4.78, 5) is 26.9. The van der Waals surface area contributed by atoms with Crippen molar-refractivity contribution in [3.05, 3.63) is 54.1 Å². The van der Waals surface area contributed by atoms with Gasteiger partial charge in [0.25, 0.3) is 5.91 Å². The Morgan fingerprint density at radius 1 is 1.24 bits per heavy atom. The molecule has 1 aromatic carbocycles. The van der Waals surface area contributed by atoms with Crippen LogP contribution in [0.4, 0.5) is 5.69 Å². The summed E-state index contributed by atoms with van der Waals surface area (Å²) in [6.45, 7) is 4.00. The lowest BCUT2D eigenvalue weighted by atomic mass is 10.2. The Hall–Kier alpha value is -2.89. The summed E-state index contributed by atoms with van der Waals surface area (Å²) in [5.41, 5.74) is 3.36. The van der Waals surface area contributed by atoms with Crippen LogP contribution in [-0.2, 0) is 0 Å². The molecule has 3 aromatic rings. The van der Waals surface area contributed by atoms with Crippen molar-refractivity contribution in [1.29, 1.82) is 0 Å². The van der Waals surface area contributed by atoms with E-state index >= 15 is 0 Å². The molecule has 0 spiro atoms. The number of aromatic amines is 1. The molecular formula is C19H21N5O. The van der Waals surface area contributed by atoms with Gasteiger partial charge in [-0.2, -0.15) is 0 Å². The van der Waals surface area contributed by atoms with Gasteiger partial charge < -0.3 is 15.2 Å². The maximum absolute atomic E-state index is 12.6. The fourth-order valence-electron chi connectivity index (χ4n) is 3.23. The zero-order valence-electron chi connectivity index (χ0n) is 14.2. The first-order valence-corrected chi connectivity index (χ1v) is 8.67. The van der Waals surface area contributed by atoms with Gasteiger partial charge in [-0.1, -0.05) is 12.1 Å². The van der Waals surface area contributed by atoms with E-state index in [1.807, 2.05) is 43.3 Å². The van der Waals surface area contributed by atoms with Crippen molar-refractivity contribution in [1.82, 2.24) is 20.3 Å². The lowest BCUT2D eigenvalue weighted by Crippen LogP contribution is -2.28. The highest BCUT2D eigenvalue weighted by molar-refractivity contribution is 5.93. The number of H-pyrrole nitrogens is 1. The van der Waals surface area contributed by atoms with Crippen molar-refractivity contribution in [2.24, 2.45) is 0 Å². The van der Waals surface area contributed by atoms with Crippen molar-refractivity contribution in [3.8, 4) is 0 Å². The van der Waals surface area contributed by atoms with Crippen molar-refractivity contribution >= 4 is 22.6 Å². The van der Waals surface area contributed by atoms with Crippen LogP contribution < -0.4 is 10.2 Å². The van der Waals surface area contributed by atoms with Crippen molar-refractivity contribution in [2.75, 3.05) is 18.0 Å². The van der Waals surface area contributed by atoms with Gasteiger partial charge in [0, 0.05) is 25.0 Å². The summed E-state index contributed by atoms with van der Waals surface area (Å²) in [5.74, 6) is 0.555. The summed E-state index contributed by atoms with van der Waals surface area (Å²) in [6.07, 6.45) is 4.11. The average molecular weight is 335 g/mol. The normalized spacial score (nSPS) is 15.5. The van der Waals surface area contributed by atoms with Crippen molar-refractivity contribution in [3.63, 3.8) is 0 Å². The minimum absolute atomic E-state index is 0.186. The average Bonchev–Trinajstić information content (AvgIpc) is 3.31. The molecule has 0 radical (unpaired) electrons. The molecule has 0 saturated carbocycles. The zero-order valence-corrected chi connectivity index (χ0v) is 14.2. The first-order valence-electron chi connectivity index (χ1n) is 8.67. The number of amides is 1. The highest BCUT2D eigenvalue weighted by atomic mass is 16.1. The van der Waals surface area contributed by atoms with Gasteiger partial charge in [0.2, 0.25) is 0 Å². The van der Waals surface area contributed by atoms with E-state index in [0.717, 1.165) is 35.6 Å². The molecule has 1 fully saturated rings. The monoisotopic (exact) mass is 335 g/mol. The SMILES string of the molecule is CC(NC(=O)c1cc(N2CCCC2)ccn1)c1nc2ccccc2[nH]1. The summed E-state index contributed by atoms with van der Waals surface area (Å²) in [6, 6.07) is 11.4. The standard InChI is InChI=1S/C19H21N5O/c1-13(18-22-15-6-2-3-7-16(15)23-18)21-19(25)17-12-14(8-9-20-17)24-10-4-5-11-24/h2-3,6-9,12-13H,4-5,10-11H2,1H3,(H,21,25)(H,22,23). The lowest BCUT2D eigenvalue weighted by Gasteiger charge is -2.18. The number of benzene rings is 1. The van der Waals surface area contributed by atoms with E-state index in [9.17, 15) is 4.79 Å². The third-order valence-electron chi connectivity index (χ3n) is 4.61. The number of aromatic nitrogens is 3. The topological polar surface area (TPSA) is 73.9 Å². The van der Waals surface area contributed by atoms with Crippen LogP contribution in [0.3, 0.4) is 0 Å². The van der Waals surface area contributed by atoms with Crippen molar-refractivity contribution in [2.45, 2.75) is 25.8 Å². The predicted octanol–water partition coefficient (Wildman–Crippen LogP) is 3.05. The van der Waals surface area contributed by atoms with Gasteiger partial charge >= 0.3 is 0 Å². The number of hydrogen-bond acceptors (Lipinski definition) is 4. The third kappa shape index (κ3) is 3.20. The van der Waals surface area contributed by atoms with Crippen LogP contribution in [0.15, 0.2) is 42.6 Å². The first kappa shape index (κ1) is 15.6. The third-order valence-corrected chi connectivity index (χ3v) is 4.61. The Labute approximate surface area is 146 Å². The molecule has 1 unspecified atom stereocenters. The number of nitrogens with zero attached hydrogens (tertiary/aromatic N) is 3. The van der Waals surface area contributed by atoms with E-state index in [2.05, 4.69) is 25.2 Å². The maximum Gasteiger partial charge on any atom is 0.270 e. The van der Waals surface area contributed by atoms with Gasteiger partial charge in [0.15, 0.2) is 0 Å². The second kappa shape index (κ2) is 6.55. The molecule has 6 heteroatoms. The summed E-state index contributed by atoms with van der Waals surface area (Å²) in [5, 5.41) is 2.98. The maximum atomic E-state index is 12.6. The second-order valence-corrected chi connectivity index (χ2v) is 6.43. The van der Waals surface area contributed by atoms with Gasteiger partial charge in [-0.3, -0.25) is 9.78 Å². The Morgan fingerprint density at radius 2 is 2.04 bits per heavy atom. The molecule has 6 nitrogen and oxygen atoms in total. The molecule has 1 saturated heterocycles. The van der Waals surface area contributed by atoms with Crippen LogP contribution in [0.25, 0.3) is 11.0 Å². The fourth-order valence-corrected chi connectivity index (χ4v) is 3.23. The van der Waals surface area contributed by atoms with Crippen LogP contribution in [0, 0.1) is 0 Å². The Balaban J connectivity index is 1.50. The van der Waals surface area contributed by atoms with Gasteiger partial charge in [-0.15, -0.1) is 0 Å². The minimum Gasteiger partial charge on any atom is -0.371 e. The molecule has 1 aliphatic heterocycles. The molecule has 1 aliphatic rings. The number of rotatable bonds is 4. The Kier molecular flexibility index (Phi) is 4.09. The van der Waals surface area contributed by atoms with Gasteiger partial charge in [-0.25, -0.2) is 4.98 Å². The van der Waals surface area contributed by atoms with Gasteiger partial charge in [-0.05, 0) is 44.0 Å². The van der Waals surface area contributed by atoms with Crippen LogP contribution >= 0.6 is 0 Å². The van der Waals surface area contributed by atoms with Gasteiger partial charge in [0.1, 0.15) is 11.5 Å². The summed E-state index contributed by atoms with van der Waals surface area (Å²) >= 11 is 0.